The topological polar surface area (TPSA) is 75.1 Å². The highest BCUT2D eigenvalue weighted by molar-refractivity contribution is 5.88. The van der Waals surface area contributed by atoms with Crippen LogP contribution in [0.5, 0.6) is 0 Å². The van der Waals surface area contributed by atoms with Crippen LogP contribution in [0, 0.1) is 5.92 Å². The van der Waals surface area contributed by atoms with E-state index in [1.54, 1.807) is 0 Å². The number of nitrogens with one attached hydrogen (secondary N) is 1. The van der Waals surface area contributed by atoms with Crippen molar-refractivity contribution in [2.45, 2.75) is 19.8 Å². The monoisotopic (exact) mass is 259 g/mol. The number of hydrogen-bond donors (Lipinski definition) is 2. The van der Waals surface area contributed by atoms with E-state index in [1.165, 1.54) is 6.33 Å². The van der Waals surface area contributed by atoms with Crippen molar-refractivity contribution >= 4 is 22.7 Å². The van der Waals surface area contributed by atoms with Crippen LogP contribution < -0.4 is 5.32 Å². The van der Waals surface area contributed by atoms with Crippen molar-refractivity contribution in [3.63, 3.8) is 0 Å². The summed E-state index contributed by atoms with van der Waals surface area (Å²) in [5.41, 5.74) is 0.901. The molecule has 0 aliphatic carbocycles. The van der Waals surface area contributed by atoms with Crippen LogP contribution in [0.25, 0.3) is 10.9 Å². The Morgan fingerprint density at radius 3 is 2.95 bits per heavy atom. The van der Waals surface area contributed by atoms with Gasteiger partial charge in [0, 0.05) is 18.4 Å². The first-order chi connectivity index (χ1) is 9.16. The number of aliphatic carboxylic acids is 1. The van der Waals surface area contributed by atoms with Crippen LogP contribution in [0.2, 0.25) is 0 Å². The van der Waals surface area contributed by atoms with E-state index in [2.05, 4.69) is 15.3 Å². The SMILES string of the molecule is CC(CCC(=O)O)CNc1ncnc2ccccc12. The molecular weight excluding hydrogens is 242 g/mol. The number of carboxylic acid groups (broad SMARTS) is 1. The van der Waals surface area contributed by atoms with E-state index in [0.29, 0.717) is 13.0 Å². The summed E-state index contributed by atoms with van der Waals surface area (Å²) in [5.74, 6) is 0.330. The van der Waals surface area contributed by atoms with E-state index < -0.39 is 5.97 Å². The molecule has 0 saturated heterocycles. The average Bonchev–Trinajstić information content (AvgIpc) is 2.42. The molecule has 1 unspecified atom stereocenters. The zero-order chi connectivity index (χ0) is 13.7. The number of benzene rings is 1. The van der Waals surface area contributed by atoms with Crippen LogP contribution in [0.15, 0.2) is 30.6 Å². The maximum absolute atomic E-state index is 10.5. The molecule has 0 aliphatic heterocycles. The lowest BCUT2D eigenvalue weighted by molar-refractivity contribution is -0.137. The third-order valence-corrected chi connectivity index (χ3v) is 3.01. The van der Waals surface area contributed by atoms with Gasteiger partial charge in [-0.05, 0) is 24.5 Å². The average molecular weight is 259 g/mol. The molecule has 2 aromatic rings. The molecule has 19 heavy (non-hydrogen) atoms. The third kappa shape index (κ3) is 3.64. The summed E-state index contributed by atoms with van der Waals surface area (Å²) in [4.78, 5) is 18.9. The molecular formula is C14H17N3O2. The first-order valence-corrected chi connectivity index (χ1v) is 6.32. The quantitative estimate of drug-likeness (QED) is 0.833. The summed E-state index contributed by atoms with van der Waals surface area (Å²) in [5, 5.41) is 12.9. The number of para-hydroxylation sites is 1. The first kappa shape index (κ1) is 13.3. The number of rotatable bonds is 6. The molecule has 0 radical (unpaired) electrons. The van der Waals surface area contributed by atoms with Crippen LogP contribution in [-0.4, -0.2) is 27.6 Å². The second-order valence-corrected chi connectivity index (χ2v) is 4.66. The molecule has 2 rings (SSSR count). The molecule has 1 atom stereocenters. The largest absolute Gasteiger partial charge is 0.481 e. The second kappa shape index (κ2) is 6.13. The van der Waals surface area contributed by atoms with E-state index >= 15 is 0 Å². The molecule has 0 saturated carbocycles. The Hall–Kier alpha value is -2.17. The second-order valence-electron chi connectivity index (χ2n) is 4.66. The lowest BCUT2D eigenvalue weighted by Gasteiger charge is -2.13. The van der Waals surface area contributed by atoms with E-state index in [4.69, 9.17) is 5.11 Å². The highest BCUT2D eigenvalue weighted by atomic mass is 16.4. The number of carbonyl (C=O) groups is 1. The summed E-state index contributed by atoms with van der Waals surface area (Å²) >= 11 is 0. The number of nitrogens with zero attached hydrogens (tertiary/aromatic N) is 2. The summed E-state index contributed by atoms with van der Waals surface area (Å²) in [6.07, 6.45) is 2.39. The van der Waals surface area contributed by atoms with Crippen LogP contribution in [0.3, 0.4) is 0 Å². The first-order valence-electron chi connectivity index (χ1n) is 6.32. The Labute approximate surface area is 111 Å². The van der Waals surface area contributed by atoms with Gasteiger partial charge in [-0.1, -0.05) is 19.1 Å². The number of fused-ring (bicyclic) bond motifs is 1. The van der Waals surface area contributed by atoms with Gasteiger partial charge >= 0.3 is 5.97 Å². The Morgan fingerprint density at radius 2 is 2.16 bits per heavy atom. The van der Waals surface area contributed by atoms with Gasteiger partial charge in [0.15, 0.2) is 0 Å². The minimum atomic E-state index is -0.751. The molecule has 0 spiro atoms. The van der Waals surface area contributed by atoms with Gasteiger partial charge in [0.25, 0.3) is 0 Å². The molecule has 1 aromatic carbocycles. The summed E-state index contributed by atoms with van der Waals surface area (Å²) in [6, 6.07) is 7.80. The van der Waals surface area contributed by atoms with Gasteiger partial charge in [-0.2, -0.15) is 0 Å². The van der Waals surface area contributed by atoms with Crippen molar-refractivity contribution in [1.82, 2.24) is 9.97 Å². The van der Waals surface area contributed by atoms with Crippen LogP contribution >= 0.6 is 0 Å². The van der Waals surface area contributed by atoms with Crippen LogP contribution in [-0.2, 0) is 4.79 Å². The van der Waals surface area contributed by atoms with Crippen LogP contribution in [0.1, 0.15) is 19.8 Å². The van der Waals surface area contributed by atoms with Crippen molar-refractivity contribution in [2.24, 2.45) is 5.92 Å². The minimum absolute atomic E-state index is 0.202. The van der Waals surface area contributed by atoms with Crippen molar-refractivity contribution in [3.05, 3.63) is 30.6 Å². The summed E-state index contributed by atoms with van der Waals surface area (Å²) < 4.78 is 0. The molecule has 1 aromatic heterocycles. The van der Waals surface area contributed by atoms with E-state index in [1.807, 2.05) is 31.2 Å². The van der Waals surface area contributed by atoms with Gasteiger partial charge in [-0.25, -0.2) is 9.97 Å². The fourth-order valence-corrected chi connectivity index (χ4v) is 1.89. The molecule has 1 heterocycles. The molecule has 0 bridgehead atoms. The van der Waals surface area contributed by atoms with Gasteiger partial charge in [-0.3, -0.25) is 4.79 Å². The molecule has 0 aliphatic rings. The molecule has 5 nitrogen and oxygen atoms in total. The Kier molecular flexibility index (Phi) is 4.28. The molecule has 0 amide bonds. The van der Waals surface area contributed by atoms with E-state index in [9.17, 15) is 4.79 Å². The van der Waals surface area contributed by atoms with Crippen molar-refractivity contribution in [3.8, 4) is 0 Å². The lowest BCUT2D eigenvalue weighted by Crippen LogP contribution is -2.13. The fourth-order valence-electron chi connectivity index (χ4n) is 1.89. The van der Waals surface area contributed by atoms with Crippen molar-refractivity contribution < 1.29 is 9.90 Å². The van der Waals surface area contributed by atoms with E-state index in [-0.39, 0.29) is 12.3 Å². The van der Waals surface area contributed by atoms with E-state index in [0.717, 1.165) is 16.7 Å². The number of anilines is 1. The zero-order valence-corrected chi connectivity index (χ0v) is 10.8. The van der Waals surface area contributed by atoms with Gasteiger partial charge < -0.3 is 10.4 Å². The summed E-state index contributed by atoms with van der Waals surface area (Å²) in [6.45, 7) is 2.73. The van der Waals surface area contributed by atoms with Gasteiger partial charge in [0.1, 0.15) is 12.1 Å². The highest BCUT2D eigenvalue weighted by Crippen LogP contribution is 2.19. The van der Waals surface area contributed by atoms with Crippen LogP contribution in [0.4, 0.5) is 5.82 Å². The Morgan fingerprint density at radius 1 is 1.37 bits per heavy atom. The summed E-state index contributed by atoms with van der Waals surface area (Å²) in [7, 11) is 0. The molecule has 0 fully saturated rings. The van der Waals surface area contributed by atoms with Gasteiger partial charge in [0.05, 0.1) is 5.52 Å². The maximum atomic E-state index is 10.5. The normalized spacial score (nSPS) is 12.3. The zero-order valence-electron chi connectivity index (χ0n) is 10.8. The number of carboxylic acids is 1. The number of aromatic nitrogens is 2. The van der Waals surface area contributed by atoms with Gasteiger partial charge in [-0.15, -0.1) is 0 Å². The van der Waals surface area contributed by atoms with Crippen molar-refractivity contribution in [1.29, 1.82) is 0 Å². The predicted molar refractivity (Wildman–Crippen MR) is 74.1 cm³/mol. The maximum Gasteiger partial charge on any atom is 0.303 e. The highest BCUT2D eigenvalue weighted by Gasteiger charge is 2.07. The standard InChI is InChI=1S/C14H17N3O2/c1-10(6-7-13(18)19)8-15-14-11-4-2-3-5-12(11)16-9-17-14/h2-5,9-10H,6-8H2,1H3,(H,18,19)(H,15,16,17). The smallest absolute Gasteiger partial charge is 0.303 e. The number of hydrogen-bond acceptors (Lipinski definition) is 4. The molecule has 2 N–H and O–H groups in total. The molecule has 100 valence electrons. The lowest BCUT2D eigenvalue weighted by atomic mass is 10.1. The Balaban J connectivity index is 2.00. The van der Waals surface area contributed by atoms with Gasteiger partial charge in [0.2, 0.25) is 0 Å². The van der Waals surface area contributed by atoms with Crippen molar-refractivity contribution in [2.75, 3.05) is 11.9 Å². The fraction of sp³-hybridized carbons (Fsp3) is 0.357. The third-order valence-electron chi connectivity index (χ3n) is 3.01. The Bertz CT molecular complexity index is 566. The minimum Gasteiger partial charge on any atom is -0.481 e. The predicted octanol–water partition coefficient (Wildman–Crippen LogP) is 2.54. The molecule has 5 heteroatoms.